The van der Waals surface area contributed by atoms with Gasteiger partial charge in [0.1, 0.15) is 0 Å². The summed E-state index contributed by atoms with van der Waals surface area (Å²) in [5.41, 5.74) is 6.01. The molecule has 0 spiro atoms. The summed E-state index contributed by atoms with van der Waals surface area (Å²) in [7, 11) is 0. The molecule has 1 aliphatic rings. The molecule has 2 heterocycles. The molecule has 2 aromatic carbocycles. The van der Waals surface area contributed by atoms with Crippen molar-refractivity contribution in [2.45, 2.75) is 51.6 Å². The van der Waals surface area contributed by atoms with Crippen LogP contribution in [-0.2, 0) is 6.54 Å². The molecule has 30 heavy (non-hydrogen) atoms. The Bertz CT molecular complexity index is 1110. The van der Waals surface area contributed by atoms with E-state index < -0.39 is 0 Å². The van der Waals surface area contributed by atoms with Gasteiger partial charge in [0.05, 0.1) is 6.54 Å². The minimum atomic E-state index is 0.563. The van der Waals surface area contributed by atoms with Gasteiger partial charge >= 0.3 is 0 Å². The summed E-state index contributed by atoms with van der Waals surface area (Å²) in [4.78, 5) is 0. The molecule has 1 saturated carbocycles. The molecule has 4 aromatic rings. The van der Waals surface area contributed by atoms with Crippen LogP contribution >= 0.6 is 0 Å². The largest absolute Gasteiger partial charge is 0.347 e. The van der Waals surface area contributed by atoms with Gasteiger partial charge in [-0.3, -0.25) is 0 Å². The second-order valence-corrected chi connectivity index (χ2v) is 8.21. The number of aromatic nitrogens is 5. The van der Waals surface area contributed by atoms with Crippen LogP contribution in [0.4, 0.5) is 0 Å². The maximum absolute atomic E-state index is 4.48. The Morgan fingerprint density at radius 3 is 2.33 bits per heavy atom. The van der Waals surface area contributed by atoms with Gasteiger partial charge in [-0.25, -0.2) is 4.68 Å². The molecule has 152 valence electrons. The lowest BCUT2D eigenvalue weighted by molar-refractivity contribution is 0.350. The Morgan fingerprint density at radius 2 is 1.60 bits per heavy atom. The molecular weight excluding hydrogens is 370 g/mol. The SMILES string of the molecule is Cc1c(-c2nnnn2Cc2ccccc2)c(-c2ccccc2)cn1C1CCCCC1. The van der Waals surface area contributed by atoms with Crippen molar-refractivity contribution >= 4 is 0 Å². The van der Waals surface area contributed by atoms with Crippen LogP contribution in [0.3, 0.4) is 0 Å². The summed E-state index contributed by atoms with van der Waals surface area (Å²) in [6.45, 7) is 2.88. The van der Waals surface area contributed by atoms with Gasteiger partial charge in [0, 0.05) is 29.1 Å². The molecule has 1 aliphatic carbocycles. The summed E-state index contributed by atoms with van der Waals surface area (Å²) < 4.78 is 4.41. The zero-order valence-electron chi connectivity index (χ0n) is 17.4. The first-order valence-corrected chi connectivity index (χ1v) is 10.9. The fraction of sp³-hybridized carbons (Fsp3) is 0.320. The van der Waals surface area contributed by atoms with E-state index in [2.05, 4.69) is 87.8 Å². The van der Waals surface area contributed by atoms with Crippen LogP contribution in [0.5, 0.6) is 0 Å². The molecule has 0 bridgehead atoms. The Hall–Kier alpha value is -3.21. The van der Waals surface area contributed by atoms with E-state index in [1.54, 1.807) is 0 Å². The Kier molecular flexibility index (Phi) is 5.18. The predicted octanol–water partition coefficient (Wildman–Crippen LogP) is 5.67. The van der Waals surface area contributed by atoms with Crippen molar-refractivity contribution in [3.8, 4) is 22.5 Å². The molecule has 5 nitrogen and oxygen atoms in total. The fourth-order valence-electron chi connectivity index (χ4n) is 4.73. The van der Waals surface area contributed by atoms with Crippen molar-refractivity contribution in [2.75, 3.05) is 0 Å². The summed E-state index contributed by atoms with van der Waals surface area (Å²) in [5.74, 6) is 0.838. The van der Waals surface area contributed by atoms with Gasteiger partial charge in [0.2, 0.25) is 0 Å². The van der Waals surface area contributed by atoms with Crippen LogP contribution in [0.1, 0.15) is 49.4 Å². The van der Waals surface area contributed by atoms with Gasteiger partial charge in [-0.2, -0.15) is 0 Å². The average molecular weight is 398 g/mol. The standard InChI is InChI=1S/C25H27N5/c1-19-24(25-26-27-28-30(25)17-20-11-5-2-6-12-20)23(21-13-7-3-8-14-21)18-29(19)22-15-9-4-10-16-22/h2-3,5-8,11-14,18,22H,4,9-10,15-17H2,1H3. The third-order valence-electron chi connectivity index (χ3n) is 6.27. The summed E-state index contributed by atoms with van der Waals surface area (Å²) in [6.07, 6.45) is 8.80. The van der Waals surface area contributed by atoms with Gasteiger partial charge in [-0.1, -0.05) is 79.9 Å². The highest BCUT2D eigenvalue weighted by molar-refractivity contribution is 5.82. The molecule has 0 unspecified atom stereocenters. The molecule has 5 heteroatoms. The van der Waals surface area contributed by atoms with E-state index in [0.717, 1.165) is 11.4 Å². The Morgan fingerprint density at radius 1 is 0.900 bits per heavy atom. The van der Waals surface area contributed by atoms with Gasteiger partial charge in [-0.15, -0.1) is 5.10 Å². The number of hydrogen-bond donors (Lipinski definition) is 0. The van der Waals surface area contributed by atoms with Crippen molar-refractivity contribution in [2.24, 2.45) is 0 Å². The number of nitrogens with zero attached hydrogens (tertiary/aromatic N) is 5. The van der Waals surface area contributed by atoms with E-state index in [4.69, 9.17) is 0 Å². The maximum Gasteiger partial charge on any atom is 0.184 e. The first-order chi connectivity index (χ1) is 14.8. The molecule has 0 aliphatic heterocycles. The number of tetrazole rings is 1. The van der Waals surface area contributed by atoms with Gasteiger partial charge in [0.15, 0.2) is 5.82 Å². The zero-order valence-corrected chi connectivity index (χ0v) is 17.4. The molecule has 1 fully saturated rings. The lowest BCUT2D eigenvalue weighted by Crippen LogP contribution is -2.13. The minimum Gasteiger partial charge on any atom is -0.347 e. The molecule has 2 aromatic heterocycles. The van der Waals surface area contributed by atoms with E-state index in [1.165, 1.54) is 54.5 Å². The smallest absolute Gasteiger partial charge is 0.184 e. The van der Waals surface area contributed by atoms with Crippen molar-refractivity contribution in [3.05, 3.63) is 78.1 Å². The van der Waals surface area contributed by atoms with Crippen LogP contribution in [0, 0.1) is 6.92 Å². The number of hydrogen-bond acceptors (Lipinski definition) is 3. The van der Waals surface area contributed by atoms with Crippen molar-refractivity contribution < 1.29 is 0 Å². The fourth-order valence-corrected chi connectivity index (χ4v) is 4.73. The first-order valence-electron chi connectivity index (χ1n) is 10.9. The average Bonchev–Trinajstić information content (AvgIpc) is 3.39. The number of benzene rings is 2. The highest BCUT2D eigenvalue weighted by Gasteiger charge is 2.25. The number of rotatable bonds is 5. The van der Waals surface area contributed by atoms with Gasteiger partial charge < -0.3 is 4.57 Å². The van der Waals surface area contributed by atoms with E-state index in [9.17, 15) is 0 Å². The Labute approximate surface area is 177 Å². The van der Waals surface area contributed by atoms with E-state index in [-0.39, 0.29) is 0 Å². The van der Waals surface area contributed by atoms with Crippen LogP contribution in [0.15, 0.2) is 66.9 Å². The quantitative estimate of drug-likeness (QED) is 0.436. The highest BCUT2D eigenvalue weighted by atomic mass is 15.5. The van der Waals surface area contributed by atoms with Crippen LogP contribution < -0.4 is 0 Å². The zero-order chi connectivity index (χ0) is 20.3. The van der Waals surface area contributed by atoms with Crippen LogP contribution in [0.2, 0.25) is 0 Å². The monoisotopic (exact) mass is 397 g/mol. The predicted molar refractivity (Wildman–Crippen MR) is 119 cm³/mol. The van der Waals surface area contributed by atoms with Crippen molar-refractivity contribution in [3.63, 3.8) is 0 Å². The molecule has 0 N–H and O–H groups in total. The molecule has 0 amide bonds. The molecular formula is C25H27N5. The molecule has 0 radical (unpaired) electrons. The molecule has 0 atom stereocenters. The minimum absolute atomic E-state index is 0.563. The first kappa shape index (κ1) is 18.8. The van der Waals surface area contributed by atoms with Crippen molar-refractivity contribution in [1.82, 2.24) is 24.8 Å². The van der Waals surface area contributed by atoms with Gasteiger partial charge in [-0.05, 0) is 41.3 Å². The van der Waals surface area contributed by atoms with E-state index in [1.807, 2.05) is 10.7 Å². The second-order valence-electron chi connectivity index (χ2n) is 8.21. The summed E-state index contributed by atoms with van der Waals surface area (Å²) >= 11 is 0. The summed E-state index contributed by atoms with van der Waals surface area (Å²) in [5, 5.41) is 12.9. The van der Waals surface area contributed by atoms with Crippen LogP contribution in [0.25, 0.3) is 22.5 Å². The maximum atomic E-state index is 4.48. The van der Waals surface area contributed by atoms with E-state index >= 15 is 0 Å². The molecule has 5 rings (SSSR count). The lowest BCUT2D eigenvalue weighted by atomic mass is 9.95. The lowest BCUT2D eigenvalue weighted by Gasteiger charge is -2.25. The summed E-state index contributed by atoms with van der Waals surface area (Å²) in [6, 6.07) is 21.5. The highest BCUT2D eigenvalue weighted by Crippen LogP contribution is 2.39. The third kappa shape index (κ3) is 3.56. The van der Waals surface area contributed by atoms with Crippen LogP contribution in [-0.4, -0.2) is 24.8 Å². The second kappa shape index (κ2) is 8.27. The molecule has 0 saturated heterocycles. The third-order valence-corrected chi connectivity index (χ3v) is 6.27. The van der Waals surface area contributed by atoms with Crippen molar-refractivity contribution in [1.29, 1.82) is 0 Å². The van der Waals surface area contributed by atoms with Gasteiger partial charge in [0.25, 0.3) is 0 Å². The van der Waals surface area contributed by atoms with E-state index in [0.29, 0.717) is 12.6 Å². The topological polar surface area (TPSA) is 48.5 Å². The normalized spacial score (nSPS) is 14.8. The Balaban J connectivity index is 1.63.